The van der Waals surface area contributed by atoms with Crippen LogP contribution in [0.5, 0.6) is 0 Å². The van der Waals surface area contributed by atoms with Crippen LogP contribution < -0.4 is 0 Å². The Labute approximate surface area is 48.9 Å². The third kappa shape index (κ3) is 3.74. The molecule has 8 heavy (non-hydrogen) atoms. The SMILES string of the molecule is C[B]OCC(=O)B=O. The molecule has 0 aromatic heterocycles. The maximum absolute atomic E-state index is 10.1. The van der Waals surface area contributed by atoms with Crippen molar-refractivity contribution in [2.24, 2.45) is 0 Å². The second-order valence-electron chi connectivity index (χ2n) is 1.13. The van der Waals surface area contributed by atoms with E-state index in [0.29, 0.717) is 0 Å². The molecule has 0 unspecified atom stereocenters. The van der Waals surface area contributed by atoms with E-state index >= 15 is 0 Å². The van der Waals surface area contributed by atoms with Gasteiger partial charge in [-0.05, 0) is 0 Å². The van der Waals surface area contributed by atoms with Crippen molar-refractivity contribution in [3.63, 3.8) is 0 Å². The average Bonchev–Trinajstić information content (AvgIpc) is 1.83. The van der Waals surface area contributed by atoms with Gasteiger partial charge in [0.05, 0.1) is 0 Å². The van der Waals surface area contributed by atoms with Crippen LogP contribution in [0.15, 0.2) is 0 Å². The fraction of sp³-hybridized carbons (Fsp3) is 0.667. The van der Waals surface area contributed by atoms with Crippen LogP contribution in [-0.4, -0.2) is 26.9 Å². The van der Waals surface area contributed by atoms with Crippen molar-refractivity contribution in [2.45, 2.75) is 6.82 Å². The Morgan fingerprint density at radius 3 is 2.75 bits per heavy atom. The summed E-state index contributed by atoms with van der Waals surface area (Å²) in [5.41, 5.74) is -0.539. The molecule has 3 nitrogen and oxygen atoms in total. The first-order chi connectivity index (χ1) is 3.81. The molecule has 0 rings (SSSR count). The zero-order valence-electron chi connectivity index (χ0n) is 4.59. The Balaban J connectivity index is 3.11. The molecule has 0 spiro atoms. The zero-order valence-corrected chi connectivity index (χ0v) is 4.59. The van der Waals surface area contributed by atoms with Gasteiger partial charge >= 0.3 is 47.9 Å². The summed E-state index contributed by atoms with van der Waals surface area (Å²) in [4.78, 5) is 10.1. The number of rotatable bonds is 4. The van der Waals surface area contributed by atoms with Gasteiger partial charge in [0.15, 0.2) is 0 Å². The van der Waals surface area contributed by atoms with Crippen LogP contribution in [0.1, 0.15) is 0 Å². The minimum atomic E-state index is -0.539. The van der Waals surface area contributed by atoms with E-state index in [1.807, 2.05) is 0 Å². The van der Waals surface area contributed by atoms with Crippen molar-refractivity contribution in [2.75, 3.05) is 6.61 Å². The predicted octanol–water partition coefficient (Wildman–Crippen LogP) is -0.753. The normalized spacial score (nSPS) is 7.62. The number of hydrogen-bond donors (Lipinski definition) is 0. The Morgan fingerprint density at radius 1 is 1.75 bits per heavy atom. The zero-order chi connectivity index (χ0) is 6.41. The standard InChI is InChI=1S/C3H5B2O3/c1-4-8-2-3(6)5-7/h2H2,1H3. The van der Waals surface area contributed by atoms with Crippen LogP contribution in [0.25, 0.3) is 0 Å². The van der Waals surface area contributed by atoms with Gasteiger partial charge < -0.3 is 0 Å². The molecule has 0 saturated heterocycles. The van der Waals surface area contributed by atoms with Gasteiger partial charge in [-0.25, -0.2) is 0 Å². The first kappa shape index (κ1) is 7.56. The van der Waals surface area contributed by atoms with Crippen molar-refractivity contribution in [1.29, 1.82) is 0 Å². The molecule has 0 atom stereocenters. The van der Waals surface area contributed by atoms with E-state index in [9.17, 15) is 9.50 Å². The minimum absolute atomic E-state index is 0.139. The van der Waals surface area contributed by atoms with Crippen molar-refractivity contribution in [1.82, 2.24) is 0 Å². The van der Waals surface area contributed by atoms with E-state index in [4.69, 9.17) is 0 Å². The Kier molecular flexibility index (Phi) is 4.45. The van der Waals surface area contributed by atoms with Crippen molar-refractivity contribution < 1.29 is 14.2 Å². The third-order valence-corrected chi connectivity index (χ3v) is 0.524. The molecule has 0 aliphatic heterocycles. The van der Waals surface area contributed by atoms with Gasteiger partial charge in [0.2, 0.25) is 0 Å². The van der Waals surface area contributed by atoms with E-state index in [1.54, 1.807) is 6.82 Å². The Morgan fingerprint density at radius 2 is 2.38 bits per heavy atom. The summed E-state index contributed by atoms with van der Waals surface area (Å²) in [6.45, 7) is 1.50. The fourth-order valence-electron chi connectivity index (χ4n) is 0.199. The fourth-order valence-corrected chi connectivity index (χ4v) is 0.199. The van der Waals surface area contributed by atoms with Gasteiger partial charge in [0, 0.05) is 0 Å². The van der Waals surface area contributed by atoms with Gasteiger partial charge in [-0.15, -0.1) is 0 Å². The van der Waals surface area contributed by atoms with E-state index < -0.39 is 5.68 Å². The molecule has 0 aliphatic rings. The predicted molar refractivity (Wildman–Crippen MR) is 29.0 cm³/mol. The summed E-state index contributed by atoms with van der Waals surface area (Å²) in [5.74, 6) is 0. The second kappa shape index (κ2) is 4.71. The van der Waals surface area contributed by atoms with Gasteiger partial charge in [-0.3, -0.25) is 0 Å². The summed E-state index contributed by atoms with van der Waals surface area (Å²) in [7, 11) is 1.60. The van der Waals surface area contributed by atoms with Crippen LogP contribution in [-0.2, 0) is 14.2 Å². The maximum atomic E-state index is 10.1. The summed E-state index contributed by atoms with van der Waals surface area (Å²) < 4.78 is 14.0. The molecule has 0 heterocycles. The molecule has 5 heteroatoms. The molecule has 0 aromatic rings. The molecule has 0 saturated carbocycles. The van der Waals surface area contributed by atoms with Gasteiger partial charge in [-0.2, -0.15) is 0 Å². The first-order valence-electron chi connectivity index (χ1n) is 2.18. The molecule has 0 N–H and O–H groups in total. The molecule has 0 amide bonds. The van der Waals surface area contributed by atoms with Gasteiger partial charge in [-0.1, -0.05) is 0 Å². The number of carbonyl (C=O) groups excluding carboxylic acids is 1. The molecule has 0 bridgehead atoms. The summed E-state index contributed by atoms with van der Waals surface area (Å²) in [5, 5.41) is 0. The number of carbonyl (C=O) groups is 1. The van der Waals surface area contributed by atoms with Crippen LogP contribution in [0.4, 0.5) is 0 Å². The third-order valence-electron chi connectivity index (χ3n) is 0.524. The Hall–Kier alpha value is -0.440. The Bertz CT molecular complexity index is 92.5. The second-order valence-corrected chi connectivity index (χ2v) is 1.13. The van der Waals surface area contributed by atoms with E-state index in [0.717, 1.165) is 0 Å². The molecule has 0 aromatic carbocycles. The van der Waals surface area contributed by atoms with Crippen LogP contribution in [0, 0.1) is 0 Å². The quantitative estimate of drug-likeness (QED) is 0.448. The summed E-state index contributed by atoms with van der Waals surface area (Å²) >= 11 is 0. The van der Waals surface area contributed by atoms with Crippen LogP contribution in [0.2, 0.25) is 6.82 Å². The molecule has 1 radical (unpaired) electrons. The topological polar surface area (TPSA) is 43.4 Å². The van der Waals surface area contributed by atoms with Gasteiger partial charge in [0.1, 0.15) is 0 Å². The van der Waals surface area contributed by atoms with Crippen LogP contribution in [0.3, 0.4) is 0 Å². The molecule has 41 valence electrons. The molecular weight excluding hydrogens is 106 g/mol. The van der Waals surface area contributed by atoms with E-state index in [1.165, 1.54) is 7.48 Å². The van der Waals surface area contributed by atoms with Crippen molar-refractivity contribution in [3.05, 3.63) is 0 Å². The first-order valence-corrected chi connectivity index (χ1v) is 2.18. The monoisotopic (exact) mass is 111 g/mol. The van der Waals surface area contributed by atoms with Crippen molar-refractivity contribution >= 4 is 20.3 Å². The number of hydrogen-bond acceptors (Lipinski definition) is 3. The van der Waals surface area contributed by atoms with Crippen molar-refractivity contribution in [3.8, 4) is 0 Å². The van der Waals surface area contributed by atoms with E-state index in [-0.39, 0.29) is 13.8 Å². The van der Waals surface area contributed by atoms with E-state index in [2.05, 4.69) is 4.65 Å². The van der Waals surface area contributed by atoms with Gasteiger partial charge in [0.25, 0.3) is 0 Å². The average molecular weight is 111 g/mol. The molecular formula is C3H5B2O3. The summed E-state index contributed by atoms with van der Waals surface area (Å²) in [6.07, 6.45) is 0. The van der Waals surface area contributed by atoms with Crippen LogP contribution >= 0.6 is 0 Å². The summed E-state index contributed by atoms with van der Waals surface area (Å²) in [6, 6.07) is 0. The molecule has 0 aliphatic carbocycles. The molecule has 0 fully saturated rings.